The van der Waals surface area contributed by atoms with Crippen LogP contribution in [0.1, 0.15) is 49.4 Å². The van der Waals surface area contributed by atoms with E-state index in [-0.39, 0.29) is 23.5 Å². The zero-order valence-corrected chi connectivity index (χ0v) is 17.0. The van der Waals surface area contributed by atoms with Crippen LogP contribution in [0.4, 0.5) is 5.69 Å². The second-order valence-electron chi connectivity index (χ2n) is 7.92. The molecule has 8 heteroatoms. The monoisotopic (exact) mass is 402 g/mol. The molecule has 1 aromatic rings. The Hall–Kier alpha value is -2.48. The summed E-state index contributed by atoms with van der Waals surface area (Å²) < 4.78 is 0. The van der Waals surface area contributed by atoms with E-state index in [0.717, 1.165) is 19.3 Å². The van der Waals surface area contributed by atoms with E-state index in [1.807, 2.05) is 6.92 Å². The number of piperazine rings is 1. The molecule has 1 heterocycles. The van der Waals surface area contributed by atoms with Gasteiger partial charge >= 0.3 is 0 Å². The highest BCUT2D eigenvalue weighted by molar-refractivity contribution is 5.95. The zero-order valence-electron chi connectivity index (χ0n) is 17.0. The molecule has 2 amide bonds. The van der Waals surface area contributed by atoms with Gasteiger partial charge < -0.3 is 10.2 Å². The van der Waals surface area contributed by atoms with Crippen LogP contribution in [0.15, 0.2) is 24.3 Å². The number of rotatable bonds is 7. The maximum atomic E-state index is 12.8. The number of amides is 2. The molecule has 8 nitrogen and oxygen atoms in total. The van der Waals surface area contributed by atoms with Crippen LogP contribution in [-0.2, 0) is 4.79 Å². The number of carbonyl (C=O) groups is 2. The van der Waals surface area contributed by atoms with Gasteiger partial charge in [-0.05, 0) is 31.2 Å². The lowest BCUT2D eigenvalue weighted by Crippen LogP contribution is -2.58. The van der Waals surface area contributed by atoms with Gasteiger partial charge in [-0.1, -0.05) is 25.8 Å². The standard InChI is InChI=1S/C21H30N4O4/c1-2-10-22-20(26)19(16-6-3-4-7-16)23-11-13-24(14-12-23)21(27)17-8-5-9-18(15-17)25(28)29/h5,8-9,15-16,19H,2-4,6-7,10-14H2,1H3,(H,22,26). The SMILES string of the molecule is CCCNC(=O)C(C1CCCC1)N1CCN(C(=O)c2cccc([N+](=O)[O-])c2)CC1. The fourth-order valence-electron chi connectivity index (χ4n) is 4.44. The van der Waals surface area contributed by atoms with Crippen molar-refractivity contribution < 1.29 is 14.5 Å². The molecular weight excluding hydrogens is 372 g/mol. The molecule has 0 spiro atoms. The molecule has 0 aromatic heterocycles. The van der Waals surface area contributed by atoms with Crippen LogP contribution in [0.25, 0.3) is 0 Å². The van der Waals surface area contributed by atoms with Gasteiger partial charge in [0, 0.05) is 50.4 Å². The van der Waals surface area contributed by atoms with Crippen LogP contribution in [0.5, 0.6) is 0 Å². The average molecular weight is 402 g/mol. The summed E-state index contributed by atoms with van der Waals surface area (Å²) in [5.74, 6) is 0.296. The van der Waals surface area contributed by atoms with Crippen molar-refractivity contribution in [1.82, 2.24) is 15.1 Å². The summed E-state index contributed by atoms with van der Waals surface area (Å²) in [7, 11) is 0. The average Bonchev–Trinajstić information content (AvgIpc) is 3.26. The molecule has 1 N–H and O–H groups in total. The Morgan fingerprint density at radius 1 is 1.21 bits per heavy atom. The quantitative estimate of drug-likeness (QED) is 0.558. The van der Waals surface area contributed by atoms with Gasteiger partial charge in [-0.3, -0.25) is 24.6 Å². The maximum absolute atomic E-state index is 12.8. The third-order valence-corrected chi connectivity index (χ3v) is 5.96. The number of hydrogen-bond acceptors (Lipinski definition) is 5. The van der Waals surface area contributed by atoms with Crippen molar-refractivity contribution >= 4 is 17.5 Å². The van der Waals surface area contributed by atoms with Gasteiger partial charge in [-0.25, -0.2) is 0 Å². The van der Waals surface area contributed by atoms with Crippen LogP contribution in [0.3, 0.4) is 0 Å². The third kappa shape index (κ3) is 5.12. The van der Waals surface area contributed by atoms with Crippen LogP contribution in [0.2, 0.25) is 0 Å². The first-order valence-electron chi connectivity index (χ1n) is 10.6. The van der Waals surface area contributed by atoms with Crippen LogP contribution in [-0.4, -0.2) is 65.3 Å². The second kappa shape index (κ2) is 9.82. The molecule has 1 aromatic carbocycles. The largest absolute Gasteiger partial charge is 0.355 e. The van der Waals surface area contributed by atoms with E-state index >= 15 is 0 Å². The summed E-state index contributed by atoms with van der Waals surface area (Å²) >= 11 is 0. The van der Waals surface area contributed by atoms with E-state index in [1.54, 1.807) is 11.0 Å². The van der Waals surface area contributed by atoms with Crippen LogP contribution in [0, 0.1) is 16.0 Å². The van der Waals surface area contributed by atoms with Crippen molar-refractivity contribution in [2.24, 2.45) is 5.92 Å². The molecule has 3 rings (SSSR count). The number of nitrogens with one attached hydrogen (secondary N) is 1. The van der Waals surface area contributed by atoms with Crippen molar-refractivity contribution in [2.75, 3.05) is 32.7 Å². The van der Waals surface area contributed by atoms with Gasteiger partial charge in [0.2, 0.25) is 5.91 Å². The lowest BCUT2D eigenvalue weighted by Gasteiger charge is -2.40. The van der Waals surface area contributed by atoms with E-state index in [9.17, 15) is 19.7 Å². The number of hydrogen-bond donors (Lipinski definition) is 1. The molecular formula is C21H30N4O4. The number of non-ortho nitro benzene ring substituents is 1. The minimum absolute atomic E-state index is 0.0802. The topological polar surface area (TPSA) is 95.8 Å². The van der Waals surface area contributed by atoms with Crippen molar-refractivity contribution in [3.8, 4) is 0 Å². The molecule has 158 valence electrons. The van der Waals surface area contributed by atoms with Gasteiger partial charge in [0.15, 0.2) is 0 Å². The molecule has 0 radical (unpaired) electrons. The smallest absolute Gasteiger partial charge is 0.270 e. The summed E-state index contributed by atoms with van der Waals surface area (Å²) in [4.78, 5) is 40.0. The molecule has 0 bridgehead atoms. The fraction of sp³-hybridized carbons (Fsp3) is 0.619. The molecule has 1 aliphatic heterocycles. The van der Waals surface area contributed by atoms with Gasteiger partial charge in [-0.15, -0.1) is 0 Å². The minimum atomic E-state index is -0.490. The number of nitro benzene ring substituents is 1. The maximum Gasteiger partial charge on any atom is 0.270 e. The molecule has 2 aliphatic rings. The van der Waals surface area contributed by atoms with Gasteiger partial charge in [0.1, 0.15) is 0 Å². The van der Waals surface area contributed by atoms with Crippen molar-refractivity contribution in [3.05, 3.63) is 39.9 Å². The lowest BCUT2D eigenvalue weighted by molar-refractivity contribution is -0.384. The zero-order chi connectivity index (χ0) is 20.8. The Morgan fingerprint density at radius 2 is 1.90 bits per heavy atom. The molecule has 2 fully saturated rings. The predicted octanol–water partition coefficient (Wildman–Crippen LogP) is 2.44. The summed E-state index contributed by atoms with van der Waals surface area (Å²) in [6.07, 6.45) is 5.42. The highest BCUT2D eigenvalue weighted by Gasteiger charge is 2.37. The first-order valence-corrected chi connectivity index (χ1v) is 10.6. The first kappa shape index (κ1) is 21.2. The molecule has 1 atom stereocenters. The molecule has 29 heavy (non-hydrogen) atoms. The Morgan fingerprint density at radius 3 is 2.52 bits per heavy atom. The van der Waals surface area contributed by atoms with E-state index in [0.29, 0.717) is 44.2 Å². The van der Waals surface area contributed by atoms with Gasteiger partial charge in [-0.2, -0.15) is 0 Å². The summed E-state index contributed by atoms with van der Waals surface area (Å²) in [5, 5.41) is 14.0. The van der Waals surface area contributed by atoms with E-state index in [1.165, 1.54) is 31.0 Å². The highest BCUT2D eigenvalue weighted by atomic mass is 16.6. The Kier molecular flexibility index (Phi) is 7.19. The number of carbonyl (C=O) groups excluding carboxylic acids is 2. The summed E-state index contributed by atoms with van der Waals surface area (Å²) in [5.41, 5.74) is 0.254. The molecule has 1 aliphatic carbocycles. The normalized spacial score (nSPS) is 19.1. The second-order valence-corrected chi connectivity index (χ2v) is 7.92. The summed E-state index contributed by atoms with van der Waals surface area (Å²) in [6.45, 7) is 5.05. The number of benzene rings is 1. The van der Waals surface area contributed by atoms with E-state index < -0.39 is 4.92 Å². The minimum Gasteiger partial charge on any atom is -0.355 e. The van der Waals surface area contributed by atoms with Crippen molar-refractivity contribution in [2.45, 2.75) is 45.1 Å². The van der Waals surface area contributed by atoms with E-state index in [2.05, 4.69) is 10.2 Å². The first-order chi connectivity index (χ1) is 14.0. The lowest BCUT2D eigenvalue weighted by atomic mass is 9.95. The molecule has 1 saturated heterocycles. The van der Waals surface area contributed by atoms with Gasteiger partial charge in [0.25, 0.3) is 11.6 Å². The Balaban J connectivity index is 1.64. The Bertz CT molecular complexity index is 740. The predicted molar refractivity (Wildman–Crippen MR) is 110 cm³/mol. The van der Waals surface area contributed by atoms with Gasteiger partial charge in [0.05, 0.1) is 11.0 Å². The highest BCUT2D eigenvalue weighted by Crippen LogP contribution is 2.31. The van der Waals surface area contributed by atoms with Crippen LogP contribution >= 0.6 is 0 Å². The number of nitro groups is 1. The van der Waals surface area contributed by atoms with Crippen molar-refractivity contribution in [1.29, 1.82) is 0 Å². The Labute approximate surface area is 171 Å². The van der Waals surface area contributed by atoms with Crippen LogP contribution < -0.4 is 5.32 Å². The molecule has 1 saturated carbocycles. The third-order valence-electron chi connectivity index (χ3n) is 5.96. The molecule has 1 unspecified atom stereocenters. The van der Waals surface area contributed by atoms with E-state index in [4.69, 9.17) is 0 Å². The fourth-order valence-corrected chi connectivity index (χ4v) is 4.44. The number of nitrogens with zero attached hydrogens (tertiary/aromatic N) is 3. The van der Waals surface area contributed by atoms with Crippen molar-refractivity contribution in [3.63, 3.8) is 0 Å². The summed E-state index contributed by atoms with van der Waals surface area (Å²) in [6, 6.07) is 5.74.